The maximum Gasteiger partial charge on any atom is 0.143 e. The smallest absolute Gasteiger partial charge is 0.143 e. The van der Waals surface area contributed by atoms with Crippen molar-refractivity contribution in [3.05, 3.63) is 83.9 Å². The van der Waals surface area contributed by atoms with E-state index in [1.807, 2.05) is 0 Å². The summed E-state index contributed by atoms with van der Waals surface area (Å²) in [6, 6.07) is 27.1. The third-order valence-corrected chi connectivity index (χ3v) is 7.81. The fraction of sp³-hybridized carbons (Fsp3) is 0.400. The molecule has 0 aliphatic carbocycles. The zero-order chi connectivity index (χ0) is 22.7. The van der Waals surface area contributed by atoms with E-state index >= 15 is 0 Å². The van der Waals surface area contributed by atoms with Gasteiger partial charge < -0.3 is 14.5 Å². The lowest BCUT2D eigenvalue weighted by Crippen LogP contribution is -2.39. The molecular weight excluding hydrogens is 418 g/mol. The van der Waals surface area contributed by atoms with E-state index in [1.54, 1.807) is 0 Å². The normalized spacial score (nSPS) is 20.1. The highest BCUT2D eigenvalue weighted by Crippen LogP contribution is 2.40. The van der Waals surface area contributed by atoms with Crippen LogP contribution in [-0.4, -0.2) is 43.7 Å². The first-order valence-electron chi connectivity index (χ1n) is 13.0. The standard InChI is InChI=1S/C30H35N3O/c1-2-10-28-25(8-1)23-34-30-12-4-3-11-29(30)33(28)22-27-9-7-20-32(27)21-17-24-13-15-26(16-14-24)31-18-5-6-19-31/h1-4,8,10-16,27H,5-7,9,17-23H2. The van der Waals surface area contributed by atoms with Crippen LogP contribution in [0.4, 0.5) is 17.1 Å². The zero-order valence-electron chi connectivity index (χ0n) is 20.0. The molecule has 176 valence electrons. The van der Waals surface area contributed by atoms with E-state index in [2.05, 4.69) is 87.5 Å². The van der Waals surface area contributed by atoms with Gasteiger partial charge in [-0.3, -0.25) is 4.90 Å². The van der Waals surface area contributed by atoms with E-state index in [0.717, 1.165) is 25.3 Å². The molecule has 4 heteroatoms. The number of fused-ring (bicyclic) bond motifs is 2. The van der Waals surface area contributed by atoms with Crippen LogP contribution in [0.2, 0.25) is 0 Å². The van der Waals surface area contributed by atoms with Crippen LogP contribution in [0.3, 0.4) is 0 Å². The monoisotopic (exact) mass is 453 g/mol. The third kappa shape index (κ3) is 4.39. The number of anilines is 3. The maximum absolute atomic E-state index is 6.19. The lowest BCUT2D eigenvalue weighted by Gasteiger charge is -2.32. The maximum atomic E-state index is 6.19. The Bertz CT molecular complexity index is 1060. The largest absolute Gasteiger partial charge is 0.487 e. The van der Waals surface area contributed by atoms with Gasteiger partial charge in [0.05, 0.1) is 5.69 Å². The SMILES string of the molecule is c1ccc2c(c1)COc1ccccc1N2CC1CCCN1CCc1ccc(N2CCCC2)cc1. The summed E-state index contributed by atoms with van der Waals surface area (Å²) >= 11 is 0. The van der Waals surface area contributed by atoms with Gasteiger partial charge in [0, 0.05) is 49.2 Å². The average molecular weight is 454 g/mol. The third-order valence-electron chi connectivity index (χ3n) is 7.81. The summed E-state index contributed by atoms with van der Waals surface area (Å²) in [6.45, 7) is 6.38. The molecule has 6 rings (SSSR count). The van der Waals surface area contributed by atoms with E-state index < -0.39 is 0 Å². The van der Waals surface area contributed by atoms with Crippen LogP contribution in [-0.2, 0) is 13.0 Å². The molecule has 3 aromatic carbocycles. The summed E-state index contributed by atoms with van der Waals surface area (Å²) in [5.41, 5.74) is 6.59. The molecule has 3 aliphatic heterocycles. The first-order valence-corrected chi connectivity index (χ1v) is 13.0. The zero-order valence-corrected chi connectivity index (χ0v) is 20.0. The van der Waals surface area contributed by atoms with Gasteiger partial charge in [-0.05, 0) is 74.5 Å². The Morgan fingerprint density at radius 3 is 2.38 bits per heavy atom. The molecule has 0 spiro atoms. The number of rotatable bonds is 6. The van der Waals surface area contributed by atoms with Gasteiger partial charge in [0.1, 0.15) is 12.4 Å². The highest BCUT2D eigenvalue weighted by molar-refractivity contribution is 5.72. The minimum Gasteiger partial charge on any atom is -0.487 e. The number of para-hydroxylation sites is 3. The van der Waals surface area contributed by atoms with E-state index in [1.165, 1.54) is 73.5 Å². The van der Waals surface area contributed by atoms with Crippen molar-refractivity contribution in [3.8, 4) is 5.75 Å². The molecule has 2 fully saturated rings. The van der Waals surface area contributed by atoms with Crippen LogP contribution in [0.5, 0.6) is 5.75 Å². The van der Waals surface area contributed by atoms with Crippen molar-refractivity contribution in [1.82, 2.24) is 4.90 Å². The predicted molar refractivity (Wildman–Crippen MR) is 140 cm³/mol. The predicted octanol–water partition coefficient (Wildman–Crippen LogP) is 6.02. The van der Waals surface area contributed by atoms with Gasteiger partial charge in [-0.2, -0.15) is 0 Å². The second-order valence-electron chi connectivity index (χ2n) is 9.94. The minimum atomic E-state index is 0.558. The first-order chi connectivity index (χ1) is 16.8. The van der Waals surface area contributed by atoms with E-state index in [4.69, 9.17) is 4.74 Å². The highest BCUT2D eigenvalue weighted by Gasteiger charge is 2.29. The number of nitrogens with zero attached hydrogens (tertiary/aromatic N) is 3. The summed E-state index contributed by atoms with van der Waals surface area (Å²) in [4.78, 5) is 7.73. The molecule has 4 nitrogen and oxygen atoms in total. The summed E-state index contributed by atoms with van der Waals surface area (Å²) in [5.74, 6) is 0.987. The van der Waals surface area contributed by atoms with Gasteiger partial charge in [-0.15, -0.1) is 0 Å². The van der Waals surface area contributed by atoms with Crippen molar-refractivity contribution >= 4 is 17.1 Å². The summed E-state index contributed by atoms with van der Waals surface area (Å²) in [6.07, 6.45) is 6.32. The van der Waals surface area contributed by atoms with Crippen LogP contribution >= 0.6 is 0 Å². The van der Waals surface area contributed by atoms with Gasteiger partial charge >= 0.3 is 0 Å². The number of benzene rings is 3. The molecule has 1 unspecified atom stereocenters. The van der Waals surface area contributed by atoms with E-state index in [9.17, 15) is 0 Å². The van der Waals surface area contributed by atoms with Gasteiger partial charge in [0.25, 0.3) is 0 Å². The van der Waals surface area contributed by atoms with Crippen molar-refractivity contribution in [2.45, 2.75) is 44.8 Å². The second kappa shape index (κ2) is 9.71. The van der Waals surface area contributed by atoms with Crippen molar-refractivity contribution in [1.29, 1.82) is 0 Å². The van der Waals surface area contributed by atoms with Gasteiger partial charge in [-0.25, -0.2) is 0 Å². The Balaban J connectivity index is 1.16. The molecule has 3 heterocycles. The van der Waals surface area contributed by atoms with Gasteiger partial charge in [-0.1, -0.05) is 42.5 Å². The van der Waals surface area contributed by atoms with Gasteiger partial charge in [0.15, 0.2) is 0 Å². The molecular formula is C30H35N3O. The lowest BCUT2D eigenvalue weighted by atomic mass is 10.1. The number of hydrogen-bond acceptors (Lipinski definition) is 4. The van der Waals surface area contributed by atoms with Crippen molar-refractivity contribution in [3.63, 3.8) is 0 Å². The molecule has 2 saturated heterocycles. The number of ether oxygens (including phenoxy) is 1. The Kier molecular flexibility index (Phi) is 6.15. The fourth-order valence-electron chi connectivity index (χ4n) is 5.91. The number of hydrogen-bond donors (Lipinski definition) is 0. The van der Waals surface area contributed by atoms with Crippen LogP contribution in [0.15, 0.2) is 72.8 Å². The molecule has 0 amide bonds. The summed E-state index contributed by atoms with van der Waals surface area (Å²) in [7, 11) is 0. The summed E-state index contributed by atoms with van der Waals surface area (Å²) in [5, 5.41) is 0. The Hall–Kier alpha value is -2.98. The molecule has 3 aliphatic rings. The summed E-state index contributed by atoms with van der Waals surface area (Å²) < 4.78 is 6.19. The Morgan fingerprint density at radius 1 is 0.765 bits per heavy atom. The van der Waals surface area contributed by atoms with Crippen LogP contribution in [0.1, 0.15) is 36.8 Å². The molecule has 0 saturated carbocycles. The fourth-order valence-corrected chi connectivity index (χ4v) is 5.91. The lowest BCUT2D eigenvalue weighted by molar-refractivity contribution is 0.261. The van der Waals surface area contributed by atoms with Crippen LogP contribution in [0, 0.1) is 0 Å². The molecule has 34 heavy (non-hydrogen) atoms. The Morgan fingerprint density at radius 2 is 1.53 bits per heavy atom. The second-order valence-corrected chi connectivity index (χ2v) is 9.94. The van der Waals surface area contributed by atoms with Crippen molar-refractivity contribution in [2.75, 3.05) is 42.5 Å². The van der Waals surface area contributed by atoms with E-state index in [-0.39, 0.29) is 0 Å². The molecule has 0 aromatic heterocycles. The molecule has 0 radical (unpaired) electrons. The quantitative estimate of drug-likeness (QED) is 0.454. The van der Waals surface area contributed by atoms with Crippen LogP contribution < -0.4 is 14.5 Å². The highest BCUT2D eigenvalue weighted by atomic mass is 16.5. The first kappa shape index (κ1) is 21.5. The van der Waals surface area contributed by atoms with E-state index in [0.29, 0.717) is 12.6 Å². The van der Waals surface area contributed by atoms with Crippen molar-refractivity contribution in [2.24, 2.45) is 0 Å². The molecule has 0 bridgehead atoms. The van der Waals surface area contributed by atoms with Crippen LogP contribution in [0.25, 0.3) is 0 Å². The Labute approximate surface area is 203 Å². The van der Waals surface area contributed by atoms with Gasteiger partial charge in [0.2, 0.25) is 0 Å². The average Bonchev–Trinajstić information content (AvgIpc) is 3.55. The molecule has 0 N–H and O–H groups in total. The topological polar surface area (TPSA) is 19.0 Å². The number of likely N-dealkylation sites (tertiary alicyclic amines) is 1. The molecule has 1 atom stereocenters. The van der Waals surface area contributed by atoms with Crippen molar-refractivity contribution < 1.29 is 4.74 Å². The minimum absolute atomic E-state index is 0.558. The molecule has 3 aromatic rings.